The van der Waals surface area contributed by atoms with Gasteiger partial charge in [0.25, 0.3) is 5.91 Å². The van der Waals surface area contributed by atoms with Crippen LogP contribution in [-0.2, 0) is 29.1 Å². The molecule has 0 radical (unpaired) electrons. The lowest BCUT2D eigenvalue weighted by atomic mass is 9.88. The van der Waals surface area contributed by atoms with E-state index >= 15 is 0 Å². The summed E-state index contributed by atoms with van der Waals surface area (Å²) in [6.07, 6.45) is -1.62. The number of aromatic nitrogens is 2. The molecule has 0 unspecified atom stereocenters. The first-order chi connectivity index (χ1) is 31.0. The first-order valence-electron chi connectivity index (χ1n) is 22.2. The first kappa shape index (κ1) is 48.3. The Morgan fingerprint density at radius 2 is 1.68 bits per heavy atom. The number of alkyl carbamates (subject to hydrolysis) is 1. The normalized spacial score (nSPS) is 26.8. The SMILES string of the molecule is COc1ccc2c(O[C@@H]3C[C@H]4C(=O)N[C@]5(C(=O)NS(=O)(=O)C6CC6)C[C@H]5/C=C\CC[C@@H](C)C[C@@H](C)[C@H](NC(=O)OC(C)(C)C(F)(F)F)C(=O)N4C3)nc(-c3ccc(OC(C)C)cc3)nc2c1. The molecular formula is C46H57F3N6O10S. The van der Waals surface area contributed by atoms with Crippen molar-refractivity contribution in [2.75, 3.05) is 13.7 Å². The van der Waals surface area contributed by atoms with Gasteiger partial charge in [-0.3, -0.25) is 19.1 Å². The molecule has 66 heavy (non-hydrogen) atoms. The third-order valence-corrected chi connectivity index (χ3v) is 14.4. The second kappa shape index (κ2) is 18.6. The van der Waals surface area contributed by atoms with Gasteiger partial charge in [-0.15, -0.1) is 0 Å². The maximum absolute atomic E-state index is 15.0. The Kier molecular flexibility index (Phi) is 13.6. The van der Waals surface area contributed by atoms with E-state index in [1.807, 2.05) is 26.8 Å². The molecule has 7 rings (SSSR count). The molecule has 0 spiro atoms. The van der Waals surface area contributed by atoms with E-state index in [4.69, 9.17) is 28.9 Å². The van der Waals surface area contributed by atoms with Crippen molar-refractivity contribution in [2.45, 2.75) is 133 Å². The van der Waals surface area contributed by atoms with Crippen molar-refractivity contribution >= 4 is 44.7 Å². The molecule has 3 heterocycles. The number of fused-ring (bicyclic) bond motifs is 3. The zero-order valence-electron chi connectivity index (χ0n) is 37.9. The van der Waals surface area contributed by atoms with Crippen LogP contribution in [-0.4, -0.2) is 108 Å². The van der Waals surface area contributed by atoms with Crippen LogP contribution >= 0.6 is 0 Å². The fraction of sp³-hybridized carbons (Fsp3) is 0.565. The number of hydrogen-bond acceptors (Lipinski definition) is 12. The first-order valence-corrected chi connectivity index (χ1v) is 23.8. The number of carbonyl (C=O) groups excluding carboxylic acids is 4. The minimum absolute atomic E-state index is 0.0586. The summed E-state index contributed by atoms with van der Waals surface area (Å²) in [4.78, 5) is 67.7. The second-order valence-corrected chi connectivity index (χ2v) is 20.7. The van der Waals surface area contributed by atoms with Crippen molar-refractivity contribution in [2.24, 2.45) is 17.8 Å². The van der Waals surface area contributed by atoms with E-state index < -0.39 is 86.4 Å². The summed E-state index contributed by atoms with van der Waals surface area (Å²) in [5.74, 6) is -2.30. The predicted octanol–water partition coefficient (Wildman–Crippen LogP) is 6.37. The summed E-state index contributed by atoms with van der Waals surface area (Å²) in [5.41, 5.74) is -3.51. The average molecular weight is 943 g/mol. The van der Waals surface area contributed by atoms with E-state index in [1.54, 1.807) is 55.5 Å². The highest BCUT2D eigenvalue weighted by Gasteiger charge is 2.62. The number of hydrogen-bond donors (Lipinski definition) is 3. The van der Waals surface area contributed by atoms with Crippen molar-refractivity contribution in [1.82, 2.24) is 30.2 Å². The van der Waals surface area contributed by atoms with E-state index in [2.05, 4.69) is 15.4 Å². The Morgan fingerprint density at radius 1 is 0.985 bits per heavy atom. The maximum Gasteiger partial charge on any atom is 0.427 e. The van der Waals surface area contributed by atoms with Crippen LogP contribution in [0.2, 0.25) is 0 Å². The number of rotatable bonds is 11. The largest absolute Gasteiger partial charge is 0.497 e. The number of carbonyl (C=O) groups is 4. The minimum Gasteiger partial charge on any atom is -0.497 e. The van der Waals surface area contributed by atoms with E-state index in [0.29, 0.717) is 73.9 Å². The molecule has 7 atom stereocenters. The number of sulfonamides is 1. The van der Waals surface area contributed by atoms with Gasteiger partial charge in [0, 0.05) is 24.0 Å². The zero-order valence-corrected chi connectivity index (χ0v) is 38.8. The molecule has 3 N–H and O–H groups in total. The number of nitrogens with one attached hydrogen (secondary N) is 3. The fourth-order valence-corrected chi connectivity index (χ4v) is 9.85. The molecule has 358 valence electrons. The lowest BCUT2D eigenvalue weighted by molar-refractivity contribution is -0.244. The number of halogens is 3. The van der Waals surface area contributed by atoms with Crippen LogP contribution in [0.5, 0.6) is 17.4 Å². The Bertz CT molecular complexity index is 2480. The standard InChI is InChI=1S/C46H57F3N6O10S/c1-25(2)63-30-14-12-28(13-15-30)38-50-35-21-31(62-7)16-19-34(35)40(52-38)64-32-22-36-39(56)53-45(42(58)54-66(60,61)33-17-18-33)23-29(45)11-9-8-10-26(3)20-27(4)37(41(57)55(36)24-32)51-43(59)65-44(5,6)46(47,48)49/h9,11-16,19,21,25-27,29,32-33,36-37H,8,10,17-18,20,22-24H2,1-7H3,(H,51,59)(H,53,56)(H,54,58)/b11-9-/t26-,27-,29-,32-,36+,37+,45-/m1/s1. The fourth-order valence-electron chi connectivity index (χ4n) is 8.48. The van der Waals surface area contributed by atoms with Crippen molar-refractivity contribution < 1.29 is 59.7 Å². The average Bonchev–Trinajstić information content (AvgIpc) is 4.17. The monoisotopic (exact) mass is 942 g/mol. The zero-order chi connectivity index (χ0) is 47.9. The molecule has 2 aromatic carbocycles. The minimum atomic E-state index is -4.94. The van der Waals surface area contributed by atoms with Crippen LogP contribution < -0.4 is 29.6 Å². The quantitative estimate of drug-likeness (QED) is 0.180. The molecule has 3 aromatic rings. The van der Waals surface area contributed by atoms with E-state index in [0.717, 1.165) is 0 Å². The Morgan fingerprint density at radius 3 is 2.33 bits per heavy atom. The molecule has 20 heteroatoms. The molecule has 1 aromatic heterocycles. The molecule has 4 aliphatic rings. The number of amides is 4. The predicted molar refractivity (Wildman–Crippen MR) is 236 cm³/mol. The number of alkyl halides is 3. The molecule has 2 aliphatic carbocycles. The topological polar surface area (TPSA) is 204 Å². The molecule has 3 fully saturated rings. The molecule has 2 saturated carbocycles. The number of benzene rings is 2. The van der Waals surface area contributed by atoms with Gasteiger partial charge >= 0.3 is 12.3 Å². The number of ether oxygens (including phenoxy) is 4. The van der Waals surface area contributed by atoms with Gasteiger partial charge in [0.2, 0.25) is 33.3 Å². The van der Waals surface area contributed by atoms with Gasteiger partial charge in [-0.05, 0) is 114 Å². The second-order valence-electron chi connectivity index (χ2n) is 18.7. The highest BCUT2D eigenvalue weighted by atomic mass is 32.2. The van der Waals surface area contributed by atoms with Crippen LogP contribution in [0.25, 0.3) is 22.3 Å². The van der Waals surface area contributed by atoms with Crippen molar-refractivity contribution in [1.29, 1.82) is 0 Å². The van der Waals surface area contributed by atoms with Crippen LogP contribution in [0, 0.1) is 17.8 Å². The smallest absolute Gasteiger partial charge is 0.427 e. The van der Waals surface area contributed by atoms with Crippen molar-refractivity contribution in [3.8, 4) is 28.8 Å². The Balaban J connectivity index is 1.26. The lowest BCUT2D eigenvalue weighted by Crippen LogP contribution is -2.59. The Labute approximate surface area is 381 Å². The molecule has 4 amide bonds. The van der Waals surface area contributed by atoms with Crippen LogP contribution in [0.15, 0.2) is 54.6 Å². The highest BCUT2D eigenvalue weighted by Crippen LogP contribution is 2.46. The van der Waals surface area contributed by atoms with Gasteiger partial charge < -0.3 is 34.5 Å². The summed E-state index contributed by atoms with van der Waals surface area (Å²) < 4.78 is 92.5. The number of nitrogens with zero attached hydrogens (tertiary/aromatic N) is 3. The van der Waals surface area contributed by atoms with Crippen LogP contribution in [0.1, 0.15) is 86.5 Å². The van der Waals surface area contributed by atoms with Crippen molar-refractivity contribution in [3.63, 3.8) is 0 Å². The summed E-state index contributed by atoms with van der Waals surface area (Å²) in [6, 6.07) is 9.38. The van der Waals surface area contributed by atoms with Gasteiger partial charge in [0.05, 0.1) is 35.9 Å². The number of allylic oxidation sites excluding steroid dienone is 1. The van der Waals surface area contributed by atoms with E-state index in [-0.39, 0.29) is 43.1 Å². The molecule has 0 bridgehead atoms. The summed E-state index contributed by atoms with van der Waals surface area (Å²) in [6.45, 7) is 8.54. The summed E-state index contributed by atoms with van der Waals surface area (Å²) in [5, 5.41) is 4.95. The van der Waals surface area contributed by atoms with E-state index in [9.17, 15) is 40.8 Å². The molecule has 2 aliphatic heterocycles. The third-order valence-electron chi connectivity index (χ3n) is 12.6. The highest BCUT2D eigenvalue weighted by molar-refractivity contribution is 7.91. The van der Waals surface area contributed by atoms with Gasteiger partial charge in [-0.1, -0.05) is 26.0 Å². The Hall–Kier alpha value is -5.66. The molecule has 16 nitrogen and oxygen atoms in total. The van der Waals surface area contributed by atoms with E-state index in [1.165, 1.54) is 12.0 Å². The number of methoxy groups -OCH3 is 1. The van der Waals surface area contributed by atoms with Gasteiger partial charge in [-0.2, -0.15) is 18.2 Å². The van der Waals surface area contributed by atoms with Gasteiger partial charge in [0.1, 0.15) is 35.2 Å². The van der Waals surface area contributed by atoms with Crippen LogP contribution in [0.3, 0.4) is 0 Å². The summed E-state index contributed by atoms with van der Waals surface area (Å²) in [7, 11) is -2.51. The lowest BCUT2D eigenvalue weighted by Gasteiger charge is -2.34. The third kappa shape index (κ3) is 10.6. The van der Waals surface area contributed by atoms with Gasteiger partial charge in [-0.25, -0.2) is 18.2 Å². The van der Waals surface area contributed by atoms with Crippen molar-refractivity contribution in [3.05, 3.63) is 54.6 Å². The summed E-state index contributed by atoms with van der Waals surface area (Å²) >= 11 is 0. The van der Waals surface area contributed by atoms with Gasteiger partial charge in [0.15, 0.2) is 5.82 Å². The maximum atomic E-state index is 15.0. The molecule has 1 saturated heterocycles. The van der Waals surface area contributed by atoms with Crippen LogP contribution in [0.4, 0.5) is 18.0 Å². The molecular weight excluding hydrogens is 886 g/mol.